The van der Waals surface area contributed by atoms with Crippen LogP contribution in [0.4, 0.5) is 5.69 Å². The van der Waals surface area contributed by atoms with Crippen molar-refractivity contribution in [2.75, 3.05) is 5.32 Å². The lowest BCUT2D eigenvalue weighted by molar-refractivity contribution is -0.117. The number of nitrogens with one attached hydrogen (secondary N) is 2. The van der Waals surface area contributed by atoms with E-state index in [-0.39, 0.29) is 11.3 Å². The highest BCUT2D eigenvalue weighted by molar-refractivity contribution is 5.96. The minimum atomic E-state index is -0.0400. The summed E-state index contributed by atoms with van der Waals surface area (Å²) in [6.45, 7) is 12.2. The van der Waals surface area contributed by atoms with Gasteiger partial charge in [0.15, 0.2) is 0 Å². The number of rotatable bonds is 3. The number of anilines is 1. The smallest absolute Gasteiger partial charge is 0.225 e. The third-order valence-electron chi connectivity index (χ3n) is 3.54. The van der Waals surface area contributed by atoms with Crippen molar-refractivity contribution in [3.63, 3.8) is 0 Å². The second-order valence-corrected chi connectivity index (χ2v) is 7.18. The van der Waals surface area contributed by atoms with Crippen LogP contribution in [0.3, 0.4) is 0 Å². The molecule has 0 spiro atoms. The van der Waals surface area contributed by atoms with E-state index in [4.69, 9.17) is 0 Å². The van der Waals surface area contributed by atoms with Gasteiger partial charge in [-0.1, -0.05) is 44.5 Å². The number of carbonyl (C=O) groups excluding carboxylic acids is 1. The molecule has 22 heavy (non-hydrogen) atoms. The molecule has 0 radical (unpaired) electrons. The predicted molar refractivity (Wildman–Crippen MR) is 90.9 cm³/mol. The van der Waals surface area contributed by atoms with E-state index in [2.05, 4.69) is 68.3 Å². The Morgan fingerprint density at radius 1 is 1.23 bits per heavy atom. The second kappa shape index (κ2) is 5.95. The summed E-state index contributed by atoms with van der Waals surface area (Å²) in [5.41, 5.74) is 5.82. The number of hydrogen-bond acceptors (Lipinski definition) is 2. The molecule has 2 N–H and O–H groups in total. The van der Waals surface area contributed by atoms with Gasteiger partial charge in [-0.15, -0.1) is 0 Å². The molecule has 0 atom stereocenters. The standard InChI is InChI=1S/C18H25N3O/c1-11-7-8-14(12(2)9-11)17-16(13(3)20-21-17)19-15(22)10-18(4,5)6/h7-9H,10H2,1-6H3,(H,19,22)(H,20,21). The van der Waals surface area contributed by atoms with Crippen LogP contribution >= 0.6 is 0 Å². The highest BCUT2D eigenvalue weighted by Crippen LogP contribution is 2.32. The third kappa shape index (κ3) is 3.75. The van der Waals surface area contributed by atoms with Gasteiger partial charge in [-0.2, -0.15) is 5.10 Å². The van der Waals surface area contributed by atoms with E-state index in [1.165, 1.54) is 5.56 Å². The van der Waals surface area contributed by atoms with Gasteiger partial charge in [-0.05, 0) is 31.7 Å². The van der Waals surface area contributed by atoms with Gasteiger partial charge < -0.3 is 5.32 Å². The molecule has 0 unspecified atom stereocenters. The summed E-state index contributed by atoms with van der Waals surface area (Å²) in [6, 6.07) is 6.24. The molecular weight excluding hydrogens is 274 g/mol. The Morgan fingerprint density at radius 3 is 2.50 bits per heavy atom. The molecule has 0 saturated carbocycles. The van der Waals surface area contributed by atoms with Crippen LogP contribution in [-0.4, -0.2) is 16.1 Å². The Kier molecular flexibility index (Phi) is 4.40. The Balaban J connectivity index is 2.34. The fraction of sp³-hybridized carbons (Fsp3) is 0.444. The first-order valence-electron chi connectivity index (χ1n) is 7.60. The Bertz CT molecular complexity index is 693. The molecule has 118 valence electrons. The maximum atomic E-state index is 12.2. The Morgan fingerprint density at radius 2 is 1.91 bits per heavy atom. The van der Waals surface area contributed by atoms with Gasteiger partial charge in [0.1, 0.15) is 5.69 Å². The van der Waals surface area contributed by atoms with Crippen LogP contribution in [0.1, 0.15) is 44.0 Å². The number of nitrogens with zero attached hydrogens (tertiary/aromatic N) is 1. The fourth-order valence-electron chi connectivity index (χ4n) is 2.52. The molecule has 2 rings (SSSR count). The Hall–Kier alpha value is -2.10. The van der Waals surface area contributed by atoms with Crippen molar-refractivity contribution in [1.29, 1.82) is 0 Å². The minimum Gasteiger partial charge on any atom is -0.323 e. The molecule has 0 bridgehead atoms. The zero-order valence-corrected chi connectivity index (χ0v) is 14.3. The van der Waals surface area contributed by atoms with E-state index in [1.807, 2.05) is 6.92 Å². The van der Waals surface area contributed by atoms with Crippen molar-refractivity contribution in [3.8, 4) is 11.3 Å². The fourth-order valence-corrected chi connectivity index (χ4v) is 2.52. The number of aromatic nitrogens is 2. The van der Waals surface area contributed by atoms with Gasteiger partial charge in [-0.25, -0.2) is 0 Å². The molecule has 1 aromatic carbocycles. The number of hydrogen-bond donors (Lipinski definition) is 2. The van der Waals surface area contributed by atoms with Crippen molar-refractivity contribution in [2.45, 2.75) is 48.0 Å². The molecule has 1 aromatic heterocycles. The molecular formula is C18H25N3O. The van der Waals surface area contributed by atoms with Crippen LogP contribution in [0, 0.1) is 26.2 Å². The summed E-state index contributed by atoms with van der Waals surface area (Å²) < 4.78 is 0. The molecule has 0 aliphatic heterocycles. The first-order valence-corrected chi connectivity index (χ1v) is 7.60. The van der Waals surface area contributed by atoms with Gasteiger partial charge in [0.25, 0.3) is 0 Å². The molecule has 0 aliphatic carbocycles. The Labute approximate surface area is 132 Å². The molecule has 0 saturated heterocycles. The minimum absolute atomic E-state index is 0.0167. The van der Waals surface area contributed by atoms with Crippen LogP contribution in [0.5, 0.6) is 0 Å². The number of aromatic amines is 1. The number of aryl methyl sites for hydroxylation is 3. The lowest BCUT2D eigenvalue weighted by Crippen LogP contribution is -2.20. The largest absolute Gasteiger partial charge is 0.323 e. The summed E-state index contributed by atoms with van der Waals surface area (Å²) in [6.07, 6.45) is 0.476. The second-order valence-electron chi connectivity index (χ2n) is 7.18. The third-order valence-corrected chi connectivity index (χ3v) is 3.54. The molecule has 4 heteroatoms. The van der Waals surface area contributed by atoms with Crippen molar-refractivity contribution in [3.05, 3.63) is 35.0 Å². The zero-order chi connectivity index (χ0) is 16.5. The summed E-state index contributed by atoms with van der Waals surface area (Å²) >= 11 is 0. The van der Waals surface area contributed by atoms with E-state index < -0.39 is 0 Å². The monoisotopic (exact) mass is 299 g/mol. The average Bonchev–Trinajstić information content (AvgIpc) is 2.69. The van der Waals surface area contributed by atoms with Gasteiger partial charge >= 0.3 is 0 Å². The topological polar surface area (TPSA) is 57.8 Å². The van der Waals surface area contributed by atoms with Crippen LogP contribution in [0.25, 0.3) is 11.3 Å². The van der Waals surface area contributed by atoms with Gasteiger partial charge in [0, 0.05) is 12.0 Å². The lowest BCUT2D eigenvalue weighted by Gasteiger charge is -2.17. The van der Waals surface area contributed by atoms with Crippen molar-refractivity contribution in [2.24, 2.45) is 5.41 Å². The van der Waals surface area contributed by atoms with Crippen LogP contribution < -0.4 is 5.32 Å². The van der Waals surface area contributed by atoms with E-state index in [0.29, 0.717) is 6.42 Å². The van der Waals surface area contributed by atoms with Crippen LogP contribution in [0.15, 0.2) is 18.2 Å². The maximum Gasteiger partial charge on any atom is 0.225 e. The number of carbonyl (C=O) groups is 1. The number of H-pyrrole nitrogens is 1. The highest BCUT2D eigenvalue weighted by atomic mass is 16.1. The maximum absolute atomic E-state index is 12.2. The summed E-state index contributed by atoms with van der Waals surface area (Å²) in [5.74, 6) is 0.0167. The van der Waals surface area contributed by atoms with Crippen molar-refractivity contribution < 1.29 is 4.79 Å². The molecule has 4 nitrogen and oxygen atoms in total. The normalized spacial score (nSPS) is 11.5. The van der Waals surface area contributed by atoms with E-state index in [1.54, 1.807) is 0 Å². The lowest BCUT2D eigenvalue weighted by atomic mass is 9.92. The molecule has 1 amide bonds. The van der Waals surface area contributed by atoms with Crippen molar-refractivity contribution in [1.82, 2.24) is 10.2 Å². The van der Waals surface area contributed by atoms with Gasteiger partial charge in [0.2, 0.25) is 5.91 Å². The quantitative estimate of drug-likeness (QED) is 0.883. The number of amides is 1. The van der Waals surface area contributed by atoms with Crippen LogP contribution in [0.2, 0.25) is 0 Å². The van der Waals surface area contributed by atoms with Gasteiger partial charge in [0.05, 0.1) is 11.4 Å². The molecule has 1 heterocycles. The van der Waals surface area contributed by atoms with Crippen molar-refractivity contribution >= 4 is 11.6 Å². The zero-order valence-electron chi connectivity index (χ0n) is 14.3. The van der Waals surface area contributed by atoms with E-state index in [0.717, 1.165) is 28.2 Å². The first kappa shape index (κ1) is 16.3. The predicted octanol–water partition coefficient (Wildman–Crippen LogP) is 4.38. The average molecular weight is 299 g/mol. The summed E-state index contributed by atoms with van der Waals surface area (Å²) in [5, 5.41) is 10.4. The molecule has 0 aliphatic rings. The molecule has 2 aromatic rings. The van der Waals surface area contributed by atoms with Gasteiger partial charge in [-0.3, -0.25) is 9.89 Å². The first-order chi connectivity index (χ1) is 10.2. The molecule has 0 fully saturated rings. The highest BCUT2D eigenvalue weighted by Gasteiger charge is 2.20. The summed E-state index contributed by atoms with van der Waals surface area (Å²) in [7, 11) is 0. The number of benzene rings is 1. The van der Waals surface area contributed by atoms with E-state index in [9.17, 15) is 4.79 Å². The SMILES string of the molecule is Cc1ccc(-c2n[nH]c(C)c2NC(=O)CC(C)(C)C)c(C)c1. The van der Waals surface area contributed by atoms with E-state index >= 15 is 0 Å². The summed E-state index contributed by atoms with van der Waals surface area (Å²) in [4.78, 5) is 12.2. The van der Waals surface area contributed by atoms with Crippen LogP contribution in [-0.2, 0) is 4.79 Å².